The molecule has 0 aliphatic heterocycles. The molecule has 0 fully saturated rings. The number of carbonyl (C=O) groups excluding carboxylic acids is 2. The summed E-state index contributed by atoms with van der Waals surface area (Å²) in [6, 6.07) is 8.85. The van der Waals surface area contributed by atoms with Crippen LogP contribution in [-0.4, -0.2) is 24.5 Å². The number of hydrogen-bond donors (Lipinski definition) is 0. The molecule has 2 rings (SSSR count). The number of benzene rings is 1. The second kappa shape index (κ2) is 6.54. The van der Waals surface area contributed by atoms with E-state index >= 15 is 0 Å². The normalized spacial score (nSPS) is 20.6. The minimum Gasteiger partial charge on any atom is -0.427 e. The number of esters is 1. The number of methoxy groups -OCH3 is 1. The number of ketones is 1. The zero-order valence-corrected chi connectivity index (χ0v) is 12.7. The van der Waals surface area contributed by atoms with Gasteiger partial charge in [-0.3, -0.25) is 4.79 Å². The zero-order chi connectivity index (χ0) is 16.2. The Kier molecular flexibility index (Phi) is 4.73. The van der Waals surface area contributed by atoms with Gasteiger partial charge in [0.2, 0.25) is 0 Å². The van der Waals surface area contributed by atoms with E-state index in [0.717, 1.165) is 6.08 Å². The Hall–Kier alpha value is -2.46. The molecule has 0 amide bonds. The largest absolute Gasteiger partial charge is 0.427 e. The van der Waals surface area contributed by atoms with Crippen LogP contribution in [0.1, 0.15) is 23.7 Å². The molecular weight excluding hydrogens is 280 g/mol. The van der Waals surface area contributed by atoms with Crippen LogP contribution in [0.4, 0.5) is 0 Å². The highest BCUT2D eigenvalue weighted by Gasteiger charge is 2.31. The SMILES string of the molecule is C=CC(=O)OC1=C(C(=O)c2ccccc2)C=CC(C)(OC)C1. The number of hydrogen-bond acceptors (Lipinski definition) is 4. The second-order valence-electron chi connectivity index (χ2n) is 5.18. The van der Waals surface area contributed by atoms with Crippen LogP contribution in [0.25, 0.3) is 0 Å². The molecule has 4 nitrogen and oxygen atoms in total. The molecule has 22 heavy (non-hydrogen) atoms. The number of Topliss-reactive ketones (excluding diaryl/α,β-unsaturated/α-hetero) is 1. The predicted molar refractivity (Wildman–Crippen MR) is 83.3 cm³/mol. The smallest absolute Gasteiger partial charge is 0.335 e. The minimum atomic E-state index is -0.614. The van der Waals surface area contributed by atoms with E-state index in [2.05, 4.69) is 6.58 Å². The van der Waals surface area contributed by atoms with Crippen molar-refractivity contribution in [1.29, 1.82) is 0 Å². The Morgan fingerprint density at radius 2 is 1.95 bits per heavy atom. The minimum absolute atomic E-state index is 0.193. The maximum Gasteiger partial charge on any atom is 0.335 e. The molecule has 4 heteroatoms. The fourth-order valence-electron chi connectivity index (χ4n) is 2.17. The van der Waals surface area contributed by atoms with Crippen LogP contribution in [0.5, 0.6) is 0 Å². The molecule has 0 saturated heterocycles. The summed E-state index contributed by atoms with van der Waals surface area (Å²) in [5.41, 5.74) is 0.281. The molecule has 0 saturated carbocycles. The van der Waals surface area contributed by atoms with Crippen LogP contribution in [0.3, 0.4) is 0 Å². The van der Waals surface area contributed by atoms with Gasteiger partial charge in [0, 0.05) is 25.2 Å². The van der Waals surface area contributed by atoms with Crippen molar-refractivity contribution in [2.45, 2.75) is 18.9 Å². The summed E-state index contributed by atoms with van der Waals surface area (Å²) >= 11 is 0. The standard InChI is InChI=1S/C18H18O4/c1-4-16(19)22-15-12-18(2,21-3)11-10-14(15)17(20)13-8-6-5-7-9-13/h4-11H,1,12H2,2-3H3. The van der Waals surface area contributed by atoms with Crippen molar-refractivity contribution in [2.75, 3.05) is 7.11 Å². The Balaban J connectivity index is 2.41. The molecule has 1 aromatic carbocycles. The first kappa shape index (κ1) is 15.9. The summed E-state index contributed by atoms with van der Waals surface area (Å²) in [6.45, 7) is 5.24. The highest BCUT2D eigenvalue weighted by molar-refractivity contribution is 6.11. The maximum absolute atomic E-state index is 12.6. The van der Waals surface area contributed by atoms with Crippen LogP contribution in [-0.2, 0) is 14.3 Å². The van der Waals surface area contributed by atoms with Gasteiger partial charge in [-0.05, 0) is 13.0 Å². The van der Waals surface area contributed by atoms with Gasteiger partial charge in [0.25, 0.3) is 0 Å². The molecule has 1 aromatic rings. The van der Waals surface area contributed by atoms with E-state index in [1.54, 1.807) is 43.5 Å². The summed E-state index contributed by atoms with van der Waals surface area (Å²) < 4.78 is 10.7. The third-order valence-electron chi connectivity index (χ3n) is 3.55. The summed E-state index contributed by atoms with van der Waals surface area (Å²) in [5.74, 6) is -0.491. The number of rotatable bonds is 5. The Morgan fingerprint density at radius 3 is 2.55 bits per heavy atom. The second-order valence-corrected chi connectivity index (χ2v) is 5.18. The van der Waals surface area contributed by atoms with Crippen molar-refractivity contribution in [2.24, 2.45) is 0 Å². The average Bonchev–Trinajstić information content (AvgIpc) is 2.55. The number of carbonyl (C=O) groups is 2. The molecule has 1 atom stereocenters. The van der Waals surface area contributed by atoms with Gasteiger partial charge in [0.1, 0.15) is 5.76 Å². The number of ether oxygens (including phenoxy) is 2. The lowest BCUT2D eigenvalue weighted by molar-refractivity contribution is -0.134. The molecular formula is C18H18O4. The van der Waals surface area contributed by atoms with Crippen molar-refractivity contribution in [3.8, 4) is 0 Å². The van der Waals surface area contributed by atoms with Crippen LogP contribution in [0, 0.1) is 0 Å². The van der Waals surface area contributed by atoms with Crippen LogP contribution in [0.2, 0.25) is 0 Å². The first-order chi connectivity index (χ1) is 10.5. The molecule has 0 N–H and O–H groups in total. The molecule has 0 heterocycles. The monoisotopic (exact) mass is 298 g/mol. The molecule has 1 aliphatic carbocycles. The molecule has 1 unspecified atom stereocenters. The van der Waals surface area contributed by atoms with Crippen molar-refractivity contribution in [3.63, 3.8) is 0 Å². The third kappa shape index (κ3) is 3.40. The Bertz CT molecular complexity index is 655. The zero-order valence-electron chi connectivity index (χ0n) is 12.7. The van der Waals surface area contributed by atoms with Gasteiger partial charge in [-0.25, -0.2) is 4.79 Å². The number of allylic oxidation sites excluding steroid dienone is 2. The van der Waals surface area contributed by atoms with E-state index in [4.69, 9.17) is 9.47 Å². The maximum atomic E-state index is 12.6. The van der Waals surface area contributed by atoms with E-state index in [1.807, 2.05) is 13.0 Å². The molecule has 0 radical (unpaired) electrons. The highest BCUT2D eigenvalue weighted by atomic mass is 16.5. The summed E-state index contributed by atoms with van der Waals surface area (Å²) in [4.78, 5) is 24.1. The lowest BCUT2D eigenvalue weighted by Gasteiger charge is -2.29. The van der Waals surface area contributed by atoms with Gasteiger partial charge in [-0.15, -0.1) is 0 Å². The van der Waals surface area contributed by atoms with Crippen molar-refractivity contribution < 1.29 is 19.1 Å². The third-order valence-corrected chi connectivity index (χ3v) is 3.55. The molecule has 0 bridgehead atoms. The predicted octanol–water partition coefficient (Wildman–Crippen LogP) is 3.22. The Morgan fingerprint density at radius 1 is 1.27 bits per heavy atom. The van der Waals surface area contributed by atoms with Gasteiger partial charge in [-0.1, -0.05) is 43.0 Å². The fraction of sp³-hybridized carbons (Fsp3) is 0.222. The first-order valence-electron chi connectivity index (χ1n) is 6.90. The average molecular weight is 298 g/mol. The fourth-order valence-corrected chi connectivity index (χ4v) is 2.17. The lowest BCUT2D eigenvalue weighted by Crippen LogP contribution is -2.30. The Labute approximate surface area is 129 Å². The summed E-state index contributed by atoms with van der Waals surface area (Å²) in [7, 11) is 1.57. The van der Waals surface area contributed by atoms with E-state index in [1.165, 1.54) is 0 Å². The van der Waals surface area contributed by atoms with Crippen LogP contribution in [0.15, 0.2) is 66.5 Å². The molecule has 0 spiro atoms. The summed E-state index contributed by atoms with van der Waals surface area (Å²) in [6.07, 6.45) is 4.82. The topological polar surface area (TPSA) is 52.6 Å². The molecule has 0 aromatic heterocycles. The highest BCUT2D eigenvalue weighted by Crippen LogP contribution is 2.31. The van der Waals surface area contributed by atoms with Crippen molar-refractivity contribution >= 4 is 11.8 Å². The van der Waals surface area contributed by atoms with Gasteiger partial charge in [-0.2, -0.15) is 0 Å². The summed E-state index contributed by atoms with van der Waals surface area (Å²) in [5, 5.41) is 0. The van der Waals surface area contributed by atoms with Gasteiger partial charge < -0.3 is 9.47 Å². The first-order valence-corrected chi connectivity index (χ1v) is 6.90. The van der Waals surface area contributed by atoms with E-state index in [9.17, 15) is 9.59 Å². The van der Waals surface area contributed by atoms with Crippen molar-refractivity contribution in [3.05, 3.63) is 72.0 Å². The van der Waals surface area contributed by atoms with Crippen LogP contribution >= 0.6 is 0 Å². The lowest BCUT2D eigenvalue weighted by atomic mass is 9.89. The van der Waals surface area contributed by atoms with Crippen molar-refractivity contribution in [1.82, 2.24) is 0 Å². The van der Waals surface area contributed by atoms with E-state index in [-0.39, 0.29) is 5.78 Å². The van der Waals surface area contributed by atoms with Gasteiger partial charge in [0.15, 0.2) is 5.78 Å². The quantitative estimate of drug-likeness (QED) is 0.476. The van der Waals surface area contributed by atoms with E-state index < -0.39 is 11.6 Å². The van der Waals surface area contributed by atoms with E-state index in [0.29, 0.717) is 23.3 Å². The van der Waals surface area contributed by atoms with Crippen LogP contribution < -0.4 is 0 Å². The van der Waals surface area contributed by atoms with Gasteiger partial charge >= 0.3 is 5.97 Å². The molecule has 114 valence electrons. The molecule has 1 aliphatic rings. The van der Waals surface area contributed by atoms with Gasteiger partial charge in [0.05, 0.1) is 11.2 Å².